The molecule has 10 nitrogen and oxygen atoms in total. The second-order valence-corrected chi connectivity index (χ2v) is 9.18. The van der Waals surface area contributed by atoms with Gasteiger partial charge in [0.2, 0.25) is 0 Å². The number of rotatable bonds is 7. The lowest BCUT2D eigenvalue weighted by Gasteiger charge is -2.19. The maximum Gasteiger partial charge on any atom is 0.491 e. The zero-order chi connectivity index (χ0) is 29.7. The number of nitrogens with zero attached hydrogens (tertiary/aromatic N) is 1. The average molecular weight is 588 g/mol. The molecular weight excluding hydrogens is 567 g/mol. The van der Waals surface area contributed by atoms with Crippen LogP contribution in [0.4, 0.5) is 29.3 Å². The molecule has 0 saturated heterocycles. The maximum atomic E-state index is 13.4. The number of carbonyl (C=O) groups is 4. The number of anilines is 2. The van der Waals surface area contributed by atoms with Gasteiger partial charge in [-0.1, -0.05) is 48.0 Å². The van der Waals surface area contributed by atoms with Crippen LogP contribution in [0.2, 0.25) is 5.02 Å². The number of imidazole rings is 1. The monoisotopic (exact) mass is 587 g/mol. The van der Waals surface area contributed by atoms with E-state index in [2.05, 4.69) is 30.7 Å². The summed E-state index contributed by atoms with van der Waals surface area (Å²) in [6.45, 7) is 1.73. The fourth-order valence-electron chi connectivity index (χ4n) is 3.85. The molecule has 0 aliphatic heterocycles. The van der Waals surface area contributed by atoms with Crippen molar-refractivity contribution in [3.63, 3.8) is 0 Å². The van der Waals surface area contributed by atoms with Gasteiger partial charge in [0.25, 0.3) is 5.91 Å². The van der Waals surface area contributed by atoms with Gasteiger partial charge in [-0.3, -0.25) is 4.79 Å². The van der Waals surface area contributed by atoms with Gasteiger partial charge in [0.1, 0.15) is 6.04 Å². The van der Waals surface area contributed by atoms with E-state index in [0.29, 0.717) is 22.0 Å². The van der Waals surface area contributed by atoms with Gasteiger partial charge in [0.05, 0.1) is 28.3 Å². The molecule has 0 bridgehead atoms. The fourth-order valence-corrected chi connectivity index (χ4v) is 4.12. The molecule has 212 valence electrons. The number of H-pyrrole nitrogens is 1. The number of nitrogens with one attached hydrogen (secondary N) is 4. The molecule has 0 saturated carbocycles. The normalized spacial score (nSPS) is 11.9. The molecule has 1 aromatic heterocycles. The number of hydrogen-bond acceptors (Lipinski definition) is 6. The summed E-state index contributed by atoms with van der Waals surface area (Å²) in [7, 11) is 0. The number of benzene rings is 3. The van der Waals surface area contributed by atoms with Crippen molar-refractivity contribution in [1.29, 1.82) is 0 Å². The van der Waals surface area contributed by atoms with Crippen LogP contribution in [0, 0.1) is 6.92 Å². The van der Waals surface area contributed by atoms with E-state index in [1.165, 1.54) is 24.7 Å². The first-order chi connectivity index (χ1) is 19.4. The maximum absolute atomic E-state index is 13.4. The SMILES string of the molecule is Cc1cccc(Cl)c1NC(=O)Nc1cc2ccccc2cc1C(=O)N[C@@H](Cc1cnc[nH]1)C(=O)OC(=O)C(F)(F)F. The van der Waals surface area contributed by atoms with Crippen LogP contribution in [0.15, 0.2) is 67.1 Å². The number of ether oxygens (including phenoxy) is 1. The Hall–Kier alpha value is -4.91. The standard InChI is InChI=1S/C27H21ClF3N5O5/c1-14-5-4-8-19(28)22(14)36-26(40)35-20-10-16-7-3-2-6-15(16)9-18(20)23(37)34-21(11-17-12-32-13-33-17)24(38)41-25(39)27(29,30)31/h2-10,12-13,21H,11H2,1H3,(H,32,33)(H,34,37)(H2,35,36,40)/t21-/m0/s1. The van der Waals surface area contributed by atoms with Crippen molar-refractivity contribution < 1.29 is 37.1 Å². The second kappa shape index (κ2) is 12.1. The lowest BCUT2D eigenvalue weighted by atomic mass is 10.0. The van der Waals surface area contributed by atoms with Crippen molar-refractivity contribution >= 4 is 57.6 Å². The van der Waals surface area contributed by atoms with E-state index in [0.717, 1.165) is 0 Å². The number of halogens is 4. The Morgan fingerprint density at radius 2 is 1.73 bits per heavy atom. The molecule has 41 heavy (non-hydrogen) atoms. The van der Waals surface area contributed by atoms with E-state index in [9.17, 15) is 32.3 Å². The van der Waals surface area contributed by atoms with E-state index < -0.39 is 36.1 Å². The van der Waals surface area contributed by atoms with E-state index in [1.54, 1.807) is 49.4 Å². The minimum absolute atomic E-state index is 0.0171. The quantitative estimate of drug-likeness (QED) is 0.174. The Morgan fingerprint density at radius 1 is 1.02 bits per heavy atom. The Balaban J connectivity index is 1.64. The highest BCUT2D eigenvalue weighted by Gasteiger charge is 2.43. The summed E-state index contributed by atoms with van der Waals surface area (Å²) in [5, 5.41) is 9.03. The Bertz CT molecular complexity index is 1610. The lowest BCUT2D eigenvalue weighted by molar-refractivity contribution is -0.202. The van der Waals surface area contributed by atoms with E-state index in [1.807, 2.05) is 0 Å². The zero-order valence-corrected chi connectivity index (χ0v) is 21.9. The molecule has 4 aromatic rings. The molecule has 0 spiro atoms. The Labute approximate surface area is 235 Å². The summed E-state index contributed by atoms with van der Waals surface area (Å²) < 4.78 is 42.1. The topological polar surface area (TPSA) is 142 Å². The van der Waals surface area contributed by atoms with Crippen LogP contribution >= 0.6 is 11.6 Å². The third-order valence-corrected chi connectivity index (χ3v) is 6.15. The predicted octanol–water partition coefficient (Wildman–Crippen LogP) is 5.14. The molecule has 0 radical (unpaired) electrons. The van der Waals surface area contributed by atoms with E-state index in [-0.39, 0.29) is 28.4 Å². The summed E-state index contributed by atoms with van der Waals surface area (Å²) in [6.07, 6.45) is -3.27. The number of alkyl halides is 3. The molecule has 1 atom stereocenters. The lowest BCUT2D eigenvalue weighted by Crippen LogP contribution is -2.45. The summed E-state index contributed by atoms with van der Waals surface area (Å²) in [6, 6.07) is 12.4. The minimum Gasteiger partial charge on any atom is -0.385 e. The molecule has 4 N–H and O–H groups in total. The van der Waals surface area contributed by atoms with Crippen molar-refractivity contribution in [3.05, 3.63) is 89.0 Å². The average Bonchev–Trinajstić information content (AvgIpc) is 3.42. The van der Waals surface area contributed by atoms with Crippen LogP contribution in [0.1, 0.15) is 21.6 Å². The summed E-state index contributed by atoms with van der Waals surface area (Å²) in [4.78, 5) is 56.6. The third-order valence-electron chi connectivity index (χ3n) is 5.83. The number of fused-ring (bicyclic) bond motifs is 1. The molecule has 0 aliphatic carbocycles. The number of aromatic amines is 1. The van der Waals surface area contributed by atoms with Crippen molar-refractivity contribution in [2.75, 3.05) is 10.6 Å². The van der Waals surface area contributed by atoms with Gasteiger partial charge in [-0.2, -0.15) is 13.2 Å². The van der Waals surface area contributed by atoms with Crippen LogP contribution in [-0.4, -0.2) is 46.1 Å². The molecule has 1 heterocycles. The molecule has 0 aliphatic rings. The number of hydrogen-bond donors (Lipinski definition) is 4. The van der Waals surface area contributed by atoms with Gasteiger partial charge < -0.3 is 25.7 Å². The van der Waals surface area contributed by atoms with Gasteiger partial charge in [0.15, 0.2) is 0 Å². The van der Waals surface area contributed by atoms with Crippen molar-refractivity contribution in [2.45, 2.75) is 25.6 Å². The van der Waals surface area contributed by atoms with Crippen LogP contribution in [0.25, 0.3) is 10.8 Å². The number of urea groups is 1. The number of aromatic nitrogens is 2. The molecule has 14 heteroatoms. The number of esters is 2. The highest BCUT2D eigenvalue weighted by molar-refractivity contribution is 6.34. The van der Waals surface area contributed by atoms with Crippen molar-refractivity contribution in [3.8, 4) is 0 Å². The summed E-state index contributed by atoms with van der Waals surface area (Å²) >= 11 is 6.19. The first-order valence-corrected chi connectivity index (χ1v) is 12.3. The predicted molar refractivity (Wildman–Crippen MR) is 143 cm³/mol. The van der Waals surface area contributed by atoms with Crippen LogP contribution in [-0.2, 0) is 20.7 Å². The fraction of sp³-hybridized carbons (Fsp3) is 0.148. The smallest absolute Gasteiger partial charge is 0.385 e. The largest absolute Gasteiger partial charge is 0.491 e. The minimum atomic E-state index is -5.43. The molecule has 3 aromatic carbocycles. The van der Waals surface area contributed by atoms with Gasteiger partial charge in [0, 0.05) is 18.3 Å². The number of aryl methyl sites for hydroxylation is 1. The van der Waals surface area contributed by atoms with Crippen LogP contribution < -0.4 is 16.0 Å². The molecule has 4 rings (SSSR count). The summed E-state index contributed by atoms with van der Waals surface area (Å²) in [5.74, 6) is -5.32. The van der Waals surface area contributed by atoms with Gasteiger partial charge in [-0.15, -0.1) is 0 Å². The zero-order valence-electron chi connectivity index (χ0n) is 21.1. The number of carbonyl (C=O) groups excluding carboxylic acids is 4. The number of para-hydroxylation sites is 1. The van der Waals surface area contributed by atoms with Crippen LogP contribution in [0.5, 0.6) is 0 Å². The number of amides is 3. The third kappa shape index (κ3) is 7.19. The van der Waals surface area contributed by atoms with Crippen LogP contribution in [0.3, 0.4) is 0 Å². The van der Waals surface area contributed by atoms with Gasteiger partial charge in [-0.25, -0.2) is 19.4 Å². The summed E-state index contributed by atoms with van der Waals surface area (Å²) in [5.41, 5.74) is 1.17. The first kappa shape index (κ1) is 29.1. The second-order valence-electron chi connectivity index (χ2n) is 8.77. The Morgan fingerprint density at radius 3 is 2.37 bits per heavy atom. The van der Waals surface area contributed by atoms with Gasteiger partial charge in [-0.05, 0) is 41.5 Å². The van der Waals surface area contributed by atoms with E-state index >= 15 is 0 Å². The highest BCUT2D eigenvalue weighted by Crippen LogP contribution is 2.28. The van der Waals surface area contributed by atoms with E-state index in [4.69, 9.17) is 11.6 Å². The van der Waals surface area contributed by atoms with Crippen molar-refractivity contribution in [1.82, 2.24) is 15.3 Å². The van der Waals surface area contributed by atoms with Crippen molar-refractivity contribution in [2.24, 2.45) is 0 Å². The molecular formula is C27H21ClF3N5O5. The first-order valence-electron chi connectivity index (χ1n) is 11.9. The molecule has 0 unspecified atom stereocenters. The van der Waals surface area contributed by atoms with Gasteiger partial charge >= 0.3 is 24.1 Å². The Kier molecular flexibility index (Phi) is 8.57. The molecule has 0 fully saturated rings. The highest BCUT2D eigenvalue weighted by atomic mass is 35.5. The molecule has 3 amide bonds.